The molecule has 0 spiro atoms. The molecular formula is C20H24F3N3O3. The molecular weight excluding hydrogens is 387 g/mol. The molecule has 1 unspecified atom stereocenters. The van der Waals surface area contributed by atoms with Crippen LogP contribution in [0.2, 0.25) is 0 Å². The highest BCUT2D eigenvalue weighted by atomic mass is 19.4. The Hall–Kier alpha value is -2.55. The highest BCUT2D eigenvalue weighted by Crippen LogP contribution is 2.37. The summed E-state index contributed by atoms with van der Waals surface area (Å²) in [4.78, 5) is 26.1. The van der Waals surface area contributed by atoms with Gasteiger partial charge in [-0.1, -0.05) is 12.1 Å². The van der Waals surface area contributed by atoms with E-state index in [0.717, 1.165) is 25.0 Å². The van der Waals surface area contributed by atoms with Gasteiger partial charge in [0.25, 0.3) is 0 Å². The fraction of sp³-hybridized carbons (Fsp3) is 0.500. The van der Waals surface area contributed by atoms with Gasteiger partial charge in [0.15, 0.2) is 0 Å². The van der Waals surface area contributed by atoms with Crippen LogP contribution in [-0.2, 0) is 15.7 Å². The quantitative estimate of drug-likeness (QED) is 0.675. The van der Waals surface area contributed by atoms with Crippen molar-refractivity contribution >= 4 is 12.0 Å². The molecule has 1 heterocycles. The molecule has 1 saturated carbocycles. The number of benzene rings is 1. The summed E-state index contributed by atoms with van der Waals surface area (Å²) in [5, 5.41) is 5.22. The van der Waals surface area contributed by atoms with Crippen LogP contribution in [0, 0.1) is 0 Å². The molecule has 0 saturated heterocycles. The summed E-state index contributed by atoms with van der Waals surface area (Å²) in [6.07, 6.45) is -2.59. The van der Waals surface area contributed by atoms with Crippen molar-refractivity contribution in [1.29, 1.82) is 0 Å². The number of hydrogen-bond acceptors (Lipinski definition) is 4. The predicted octanol–water partition coefficient (Wildman–Crippen LogP) is 3.36. The number of ether oxygens (including phenoxy) is 1. The Labute approximate surface area is 167 Å². The van der Waals surface area contributed by atoms with Crippen LogP contribution < -0.4 is 10.6 Å². The van der Waals surface area contributed by atoms with Crippen LogP contribution in [0.25, 0.3) is 0 Å². The van der Waals surface area contributed by atoms with Gasteiger partial charge in [-0.3, -0.25) is 4.90 Å². The van der Waals surface area contributed by atoms with E-state index in [0.29, 0.717) is 16.8 Å². The Bertz CT molecular complexity index is 819. The van der Waals surface area contributed by atoms with E-state index in [1.807, 2.05) is 11.8 Å². The molecule has 158 valence electrons. The first-order valence-corrected chi connectivity index (χ1v) is 9.57. The Morgan fingerprint density at radius 3 is 2.69 bits per heavy atom. The van der Waals surface area contributed by atoms with Crippen LogP contribution in [-0.4, -0.2) is 42.6 Å². The summed E-state index contributed by atoms with van der Waals surface area (Å²) in [6.45, 7) is 4.02. The first kappa shape index (κ1) is 21.2. The molecule has 2 aliphatic rings. The number of urea groups is 1. The monoisotopic (exact) mass is 411 g/mol. The maximum Gasteiger partial charge on any atom is 0.416 e. The molecule has 0 bridgehead atoms. The summed E-state index contributed by atoms with van der Waals surface area (Å²) in [7, 11) is 0. The van der Waals surface area contributed by atoms with Gasteiger partial charge in [-0.05, 0) is 44.4 Å². The van der Waals surface area contributed by atoms with Gasteiger partial charge in [0.1, 0.15) is 0 Å². The van der Waals surface area contributed by atoms with Crippen molar-refractivity contribution in [3.05, 3.63) is 46.7 Å². The second-order valence-electron chi connectivity index (χ2n) is 7.19. The van der Waals surface area contributed by atoms with E-state index in [1.54, 1.807) is 13.0 Å². The van der Waals surface area contributed by atoms with Crippen molar-refractivity contribution in [2.45, 2.75) is 44.9 Å². The van der Waals surface area contributed by atoms with Gasteiger partial charge < -0.3 is 15.4 Å². The number of carbonyl (C=O) groups excluding carboxylic acids is 2. The standard InChI is InChI=1S/C20H24F3N3O3/c1-3-29-18(27)16-10-24-19(28)25-17(16)11-26(15-7-8-15)12(2)13-5-4-6-14(9-13)20(21,22)23/h4-6,9,12,15H,3,7-8,10-11H2,1-2H3,(H2,24,25,28). The number of hydrogen-bond donors (Lipinski definition) is 2. The van der Waals surface area contributed by atoms with Crippen LogP contribution in [0.4, 0.5) is 18.0 Å². The van der Waals surface area contributed by atoms with Crippen molar-refractivity contribution in [2.24, 2.45) is 0 Å². The molecule has 0 aromatic heterocycles. The van der Waals surface area contributed by atoms with E-state index in [-0.39, 0.29) is 31.8 Å². The normalized spacial score (nSPS) is 18.3. The fourth-order valence-corrected chi connectivity index (χ4v) is 3.42. The number of halogens is 3. The van der Waals surface area contributed by atoms with E-state index in [1.165, 1.54) is 6.07 Å². The molecule has 1 aliphatic carbocycles. The Morgan fingerprint density at radius 1 is 1.34 bits per heavy atom. The number of alkyl halides is 3. The van der Waals surface area contributed by atoms with Gasteiger partial charge in [-0.2, -0.15) is 13.2 Å². The smallest absolute Gasteiger partial charge is 0.416 e. The second-order valence-corrected chi connectivity index (χ2v) is 7.19. The van der Waals surface area contributed by atoms with Crippen LogP contribution >= 0.6 is 0 Å². The van der Waals surface area contributed by atoms with Gasteiger partial charge in [-0.15, -0.1) is 0 Å². The number of amides is 2. The van der Waals surface area contributed by atoms with Crippen LogP contribution in [0.15, 0.2) is 35.5 Å². The summed E-state index contributed by atoms with van der Waals surface area (Å²) in [5.74, 6) is -0.516. The van der Waals surface area contributed by atoms with E-state index in [2.05, 4.69) is 10.6 Å². The van der Waals surface area contributed by atoms with E-state index >= 15 is 0 Å². The lowest BCUT2D eigenvalue weighted by atomic mass is 10.0. The van der Waals surface area contributed by atoms with E-state index < -0.39 is 23.7 Å². The van der Waals surface area contributed by atoms with Crippen molar-refractivity contribution in [3.8, 4) is 0 Å². The Balaban J connectivity index is 1.88. The first-order chi connectivity index (χ1) is 13.7. The van der Waals surface area contributed by atoms with Gasteiger partial charge in [0.2, 0.25) is 0 Å². The zero-order valence-electron chi connectivity index (χ0n) is 16.3. The molecule has 9 heteroatoms. The number of esters is 1. The number of nitrogens with one attached hydrogen (secondary N) is 2. The lowest BCUT2D eigenvalue weighted by Crippen LogP contribution is -2.47. The maximum absolute atomic E-state index is 13.1. The molecule has 1 aromatic carbocycles. The molecule has 1 aromatic rings. The maximum atomic E-state index is 13.1. The molecule has 1 fully saturated rings. The third-order valence-electron chi connectivity index (χ3n) is 5.13. The molecule has 2 amide bonds. The molecule has 1 atom stereocenters. The first-order valence-electron chi connectivity index (χ1n) is 9.57. The minimum absolute atomic E-state index is 0.0520. The topological polar surface area (TPSA) is 70.7 Å². The van der Waals surface area contributed by atoms with Crippen molar-refractivity contribution < 1.29 is 27.5 Å². The minimum Gasteiger partial charge on any atom is -0.463 e. The summed E-state index contributed by atoms with van der Waals surface area (Å²) >= 11 is 0. The minimum atomic E-state index is -4.41. The van der Waals surface area contributed by atoms with Crippen LogP contribution in [0.5, 0.6) is 0 Å². The predicted molar refractivity (Wildman–Crippen MR) is 99.8 cm³/mol. The Kier molecular flexibility index (Phi) is 6.16. The Morgan fingerprint density at radius 2 is 2.07 bits per heavy atom. The van der Waals surface area contributed by atoms with Gasteiger partial charge in [-0.25, -0.2) is 9.59 Å². The average Bonchev–Trinajstić information content (AvgIpc) is 3.50. The molecule has 6 nitrogen and oxygen atoms in total. The molecule has 29 heavy (non-hydrogen) atoms. The molecule has 2 N–H and O–H groups in total. The third-order valence-corrected chi connectivity index (χ3v) is 5.13. The van der Waals surface area contributed by atoms with Gasteiger partial charge >= 0.3 is 18.2 Å². The van der Waals surface area contributed by atoms with Gasteiger partial charge in [0.05, 0.1) is 24.3 Å². The molecule has 1 aliphatic heterocycles. The SMILES string of the molecule is CCOC(=O)C1=C(CN(C2CC2)C(C)c2cccc(C(F)(F)F)c2)NC(=O)NC1. The van der Waals surface area contributed by atoms with Crippen LogP contribution in [0.3, 0.4) is 0 Å². The van der Waals surface area contributed by atoms with Crippen molar-refractivity contribution in [1.82, 2.24) is 15.5 Å². The van der Waals surface area contributed by atoms with Gasteiger partial charge in [0, 0.05) is 24.3 Å². The molecule has 0 radical (unpaired) electrons. The van der Waals surface area contributed by atoms with Crippen LogP contribution in [0.1, 0.15) is 43.9 Å². The lowest BCUT2D eigenvalue weighted by molar-refractivity contribution is -0.139. The number of carbonyl (C=O) groups is 2. The number of nitrogens with zero attached hydrogens (tertiary/aromatic N) is 1. The van der Waals surface area contributed by atoms with Crippen molar-refractivity contribution in [2.75, 3.05) is 19.7 Å². The van der Waals surface area contributed by atoms with E-state index in [9.17, 15) is 22.8 Å². The highest BCUT2D eigenvalue weighted by Gasteiger charge is 2.36. The zero-order valence-corrected chi connectivity index (χ0v) is 16.3. The largest absolute Gasteiger partial charge is 0.463 e. The summed E-state index contributed by atoms with van der Waals surface area (Å²) in [6, 6.07) is 4.70. The fourth-order valence-electron chi connectivity index (χ4n) is 3.42. The zero-order chi connectivity index (χ0) is 21.2. The second kappa shape index (κ2) is 8.44. The molecule has 3 rings (SSSR count). The van der Waals surface area contributed by atoms with Crippen molar-refractivity contribution in [3.63, 3.8) is 0 Å². The highest BCUT2D eigenvalue weighted by molar-refractivity contribution is 5.93. The average molecular weight is 411 g/mol. The lowest BCUT2D eigenvalue weighted by Gasteiger charge is -2.32. The number of rotatable bonds is 7. The van der Waals surface area contributed by atoms with E-state index in [4.69, 9.17) is 4.74 Å². The third kappa shape index (κ3) is 5.09. The summed E-state index contributed by atoms with van der Waals surface area (Å²) in [5.41, 5.74) is 0.593. The summed E-state index contributed by atoms with van der Waals surface area (Å²) < 4.78 is 44.4.